The van der Waals surface area contributed by atoms with E-state index in [1.807, 2.05) is 12.1 Å². The highest BCUT2D eigenvalue weighted by molar-refractivity contribution is 4.97. The predicted molar refractivity (Wildman–Crippen MR) is 38.1 cm³/mol. The van der Waals surface area contributed by atoms with E-state index in [2.05, 4.69) is 17.1 Å². The zero-order valence-corrected chi connectivity index (χ0v) is 4.83. The molecule has 1 aromatic heterocycles. The zero-order valence-electron chi connectivity index (χ0n) is 4.83. The van der Waals surface area contributed by atoms with E-state index in [0.717, 1.165) is 12.1 Å². The molecule has 0 atom stereocenters. The SMILES string of the molecule is C.CCc1cccnn1. The van der Waals surface area contributed by atoms with Crippen LogP contribution in [0, 0.1) is 0 Å². The fraction of sp³-hybridized carbons (Fsp3) is 0.429. The molecule has 0 aliphatic carbocycles. The molecule has 0 bridgehead atoms. The average molecular weight is 124 g/mol. The summed E-state index contributed by atoms with van der Waals surface area (Å²) in [6, 6.07) is 3.86. The molecule has 0 saturated carbocycles. The van der Waals surface area contributed by atoms with Gasteiger partial charge in [0.15, 0.2) is 0 Å². The van der Waals surface area contributed by atoms with Crippen LogP contribution in [-0.4, -0.2) is 10.2 Å². The Balaban J connectivity index is 0.000000640. The van der Waals surface area contributed by atoms with Crippen LogP contribution in [0.1, 0.15) is 20.0 Å². The number of hydrogen-bond acceptors (Lipinski definition) is 2. The van der Waals surface area contributed by atoms with Gasteiger partial charge in [0.25, 0.3) is 0 Å². The Morgan fingerprint density at radius 3 is 2.67 bits per heavy atom. The molecule has 50 valence electrons. The van der Waals surface area contributed by atoms with E-state index < -0.39 is 0 Å². The summed E-state index contributed by atoms with van der Waals surface area (Å²) in [5.74, 6) is 0. The van der Waals surface area contributed by atoms with E-state index in [1.54, 1.807) is 6.20 Å². The van der Waals surface area contributed by atoms with Crippen molar-refractivity contribution in [1.82, 2.24) is 10.2 Å². The minimum Gasteiger partial charge on any atom is -0.159 e. The Bertz CT molecular complexity index is 148. The molecule has 0 aromatic carbocycles. The third-order valence-corrected chi connectivity index (χ3v) is 0.990. The summed E-state index contributed by atoms with van der Waals surface area (Å²) in [6.07, 6.45) is 2.65. The second-order valence-electron chi connectivity index (χ2n) is 1.57. The van der Waals surface area contributed by atoms with Gasteiger partial charge in [-0.25, -0.2) is 0 Å². The number of nitrogens with zero attached hydrogens (tertiary/aromatic N) is 2. The number of rotatable bonds is 1. The molecule has 2 heteroatoms. The van der Waals surface area contributed by atoms with Crippen molar-refractivity contribution in [3.63, 3.8) is 0 Å². The number of aryl methyl sites for hydroxylation is 1. The molecule has 1 rings (SSSR count). The summed E-state index contributed by atoms with van der Waals surface area (Å²) in [5.41, 5.74) is 1.05. The maximum atomic E-state index is 3.85. The van der Waals surface area contributed by atoms with Crippen molar-refractivity contribution in [3.05, 3.63) is 24.0 Å². The zero-order chi connectivity index (χ0) is 5.82. The normalized spacial score (nSPS) is 8.11. The van der Waals surface area contributed by atoms with Crippen LogP contribution in [0.3, 0.4) is 0 Å². The highest BCUT2D eigenvalue weighted by Gasteiger charge is 1.83. The van der Waals surface area contributed by atoms with Crippen molar-refractivity contribution in [1.29, 1.82) is 0 Å². The third-order valence-electron chi connectivity index (χ3n) is 0.990. The minimum atomic E-state index is 0. The molecule has 0 aliphatic heterocycles. The van der Waals surface area contributed by atoms with Gasteiger partial charge in [-0.2, -0.15) is 10.2 Å². The lowest BCUT2D eigenvalue weighted by Crippen LogP contribution is -1.86. The Morgan fingerprint density at radius 2 is 2.33 bits per heavy atom. The van der Waals surface area contributed by atoms with Crippen molar-refractivity contribution in [3.8, 4) is 0 Å². The van der Waals surface area contributed by atoms with Crippen LogP contribution < -0.4 is 0 Å². The molecule has 0 spiro atoms. The fourth-order valence-electron chi connectivity index (χ4n) is 0.522. The average Bonchev–Trinajstić information content (AvgIpc) is 1.90. The number of aromatic nitrogens is 2. The Morgan fingerprint density at radius 1 is 1.56 bits per heavy atom. The van der Waals surface area contributed by atoms with Crippen LogP contribution in [0.2, 0.25) is 0 Å². The molecular formula is C7H12N2. The van der Waals surface area contributed by atoms with E-state index in [9.17, 15) is 0 Å². The molecule has 0 N–H and O–H groups in total. The van der Waals surface area contributed by atoms with Crippen LogP contribution in [0.4, 0.5) is 0 Å². The van der Waals surface area contributed by atoms with Gasteiger partial charge < -0.3 is 0 Å². The third kappa shape index (κ3) is 2.22. The quantitative estimate of drug-likeness (QED) is 0.569. The molecule has 0 saturated heterocycles. The van der Waals surface area contributed by atoms with Gasteiger partial charge in [-0.15, -0.1) is 0 Å². The van der Waals surface area contributed by atoms with Gasteiger partial charge in [-0.3, -0.25) is 0 Å². The lowest BCUT2D eigenvalue weighted by molar-refractivity contribution is 0.919. The maximum Gasteiger partial charge on any atom is 0.0628 e. The highest BCUT2D eigenvalue weighted by atomic mass is 15.1. The smallest absolute Gasteiger partial charge is 0.0628 e. The van der Waals surface area contributed by atoms with Crippen LogP contribution in [0.5, 0.6) is 0 Å². The Hall–Kier alpha value is -0.920. The topological polar surface area (TPSA) is 25.8 Å². The van der Waals surface area contributed by atoms with Crippen LogP contribution in [0.15, 0.2) is 18.3 Å². The van der Waals surface area contributed by atoms with Crippen LogP contribution in [0.25, 0.3) is 0 Å². The first kappa shape index (κ1) is 8.08. The summed E-state index contributed by atoms with van der Waals surface area (Å²) < 4.78 is 0. The molecule has 0 radical (unpaired) electrons. The molecule has 2 nitrogen and oxygen atoms in total. The minimum absolute atomic E-state index is 0. The molecule has 0 amide bonds. The molecule has 0 fully saturated rings. The van der Waals surface area contributed by atoms with Gasteiger partial charge in [0.05, 0.1) is 5.69 Å². The summed E-state index contributed by atoms with van der Waals surface area (Å²) >= 11 is 0. The fourth-order valence-corrected chi connectivity index (χ4v) is 0.522. The molecular weight excluding hydrogens is 112 g/mol. The van der Waals surface area contributed by atoms with E-state index in [1.165, 1.54) is 0 Å². The lowest BCUT2D eigenvalue weighted by Gasteiger charge is -1.87. The standard InChI is InChI=1S/C6H8N2.CH4/c1-2-6-4-3-5-7-8-6;/h3-5H,2H2,1H3;1H4. The van der Waals surface area contributed by atoms with Crippen molar-refractivity contribution in [2.45, 2.75) is 20.8 Å². The lowest BCUT2D eigenvalue weighted by atomic mass is 10.3. The van der Waals surface area contributed by atoms with E-state index in [-0.39, 0.29) is 7.43 Å². The van der Waals surface area contributed by atoms with Gasteiger partial charge >= 0.3 is 0 Å². The first-order valence-electron chi connectivity index (χ1n) is 2.70. The molecule has 0 aliphatic rings. The summed E-state index contributed by atoms with van der Waals surface area (Å²) in [7, 11) is 0. The van der Waals surface area contributed by atoms with Gasteiger partial charge in [-0.1, -0.05) is 14.4 Å². The van der Waals surface area contributed by atoms with E-state index in [0.29, 0.717) is 0 Å². The van der Waals surface area contributed by atoms with E-state index in [4.69, 9.17) is 0 Å². The number of hydrogen-bond donors (Lipinski definition) is 0. The van der Waals surface area contributed by atoms with Crippen LogP contribution >= 0.6 is 0 Å². The summed E-state index contributed by atoms with van der Waals surface area (Å²) in [6.45, 7) is 2.06. The second kappa shape index (κ2) is 4.01. The first-order valence-corrected chi connectivity index (χ1v) is 2.70. The highest BCUT2D eigenvalue weighted by Crippen LogP contribution is 1.88. The Kier molecular flexibility index (Phi) is 3.60. The van der Waals surface area contributed by atoms with Gasteiger partial charge in [0.2, 0.25) is 0 Å². The van der Waals surface area contributed by atoms with E-state index >= 15 is 0 Å². The Labute approximate surface area is 55.9 Å². The molecule has 9 heavy (non-hydrogen) atoms. The molecule has 1 aromatic rings. The van der Waals surface area contributed by atoms with Gasteiger partial charge in [0.1, 0.15) is 0 Å². The van der Waals surface area contributed by atoms with Gasteiger partial charge in [0, 0.05) is 6.20 Å². The van der Waals surface area contributed by atoms with Crippen molar-refractivity contribution in [2.75, 3.05) is 0 Å². The second-order valence-corrected chi connectivity index (χ2v) is 1.57. The van der Waals surface area contributed by atoms with Gasteiger partial charge in [-0.05, 0) is 18.6 Å². The summed E-state index contributed by atoms with van der Waals surface area (Å²) in [4.78, 5) is 0. The monoisotopic (exact) mass is 124 g/mol. The van der Waals surface area contributed by atoms with Crippen LogP contribution in [-0.2, 0) is 6.42 Å². The molecule has 0 unspecified atom stereocenters. The largest absolute Gasteiger partial charge is 0.159 e. The molecule has 1 heterocycles. The maximum absolute atomic E-state index is 3.85. The van der Waals surface area contributed by atoms with Crippen molar-refractivity contribution in [2.24, 2.45) is 0 Å². The van der Waals surface area contributed by atoms with Crippen molar-refractivity contribution >= 4 is 0 Å². The predicted octanol–water partition coefficient (Wildman–Crippen LogP) is 1.68. The summed E-state index contributed by atoms with van der Waals surface area (Å²) in [5, 5.41) is 7.55. The first-order chi connectivity index (χ1) is 3.93. The van der Waals surface area contributed by atoms with Crippen molar-refractivity contribution < 1.29 is 0 Å².